The Morgan fingerprint density at radius 3 is 2.65 bits per heavy atom. The molecule has 0 radical (unpaired) electrons. The monoisotopic (exact) mass is 391 g/mol. The molecule has 0 aliphatic carbocycles. The fraction of sp³-hybridized carbons (Fsp3) is 0.263. The van der Waals surface area contributed by atoms with Gasteiger partial charge in [0.1, 0.15) is 5.82 Å². The molecule has 0 atom stereocenters. The van der Waals surface area contributed by atoms with Crippen LogP contribution >= 0.6 is 23.4 Å². The molecule has 4 nitrogen and oxygen atoms in total. The summed E-state index contributed by atoms with van der Waals surface area (Å²) in [6.07, 6.45) is 3.65. The van der Waals surface area contributed by atoms with Crippen LogP contribution in [0, 0.1) is 5.82 Å². The molecule has 2 aromatic carbocycles. The van der Waals surface area contributed by atoms with E-state index in [1.54, 1.807) is 24.3 Å². The van der Waals surface area contributed by atoms with Gasteiger partial charge in [-0.25, -0.2) is 9.82 Å². The first-order chi connectivity index (χ1) is 12.6. The van der Waals surface area contributed by atoms with Crippen molar-refractivity contribution in [2.75, 3.05) is 23.7 Å². The van der Waals surface area contributed by atoms with E-state index >= 15 is 0 Å². The van der Waals surface area contributed by atoms with Crippen LogP contribution in [0.3, 0.4) is 0 Å². The van der Waals surface area contributed by atoms with E-state index in [0.29, 0.717) is 16.3 Å². The van der Waals surface area contributed by atoms with Gasteiger partial charge in [-0.3, -0.25) is 4.79 Å². The molecule has 136 valence electrons. The van der Waals surface area contributed by atoms with Crippen LogP contribution in [-0.2, 0) is 4.79 Å². The quantitative estimate of drug-likeness (QED) is 0.453. The zero-order valence-electron chi connectivity index (χ0n) is 14.1. The fourth-order valence-corrected chi connectivity index (χ4v) is 3.53. The number of carbonyl (C=O) groups is 1. The Kier molecular flexibility index (Phi) is 6.52. The van der Waals surface area contributed by atoms with Crippen LogP contribution < -0.4 is 10.3 Å². The number of benzene rings is 2. The molecule has 1 aliphatic heterocycles. The van der Waals surface area contributed by atoms with Gasteiger partial charge < -0.3 is 4.90 Å². The van der Waals surface area contributed by atoms with Crippen molar-refractivity contribution in [1.82, 2.24) is 5.43 Å². The highest BCUT2D eigenvalue weighted by Crippen LogP contribution is 2.24. The Morgan fingerprint density at radius 2 is 1.96 bits per heavy atom. The van der Waals surface area contributed by atoms with Gasteiger partial charge in [-0.1, -0.05) is 17.7 Å². The van der Waals surface area contributed by atoms with Gasteiger partial charge in [-0.2, -0.15) is 5.10 Å². The molecule has 0 saturated carbocycles. The van der Waals surface area contributed by atoms with Crippen molar-refractivity contribution in [1.29, 1.82) is 0 Å². The number of anilines is 1. The van der Waals surface area contributed by atoms with E-state index in [1.807, 2.05) is 17.0 Å². The molecule has 26 heavy (non-hydrogen) atoms. The molecule has 1 amide bonds. The number of rotatable bonds is 6. The number of hydrogen-bond donors (Lipinski definition) is 1. The lowest BCUT2D eigenvalue weighted by Gasteiger charge is -2.18. The van der Waals surface area contributed by atoms with Gasteiger partial charge in [-0.05, 0) is 54.8 Å². The average molecular weight is 392 g/mol. The Balaban J connectivity index is 1.49. The first-order valence-electron chi connectivity index (χ1n) is 8.36. The highest BCUT2D eigenvalue weighted by Gasteiger charge is 2.15. The van der Waals surface area contributed by atoms with Gasteiger partial charge in [0.05, 0.1) is 17.7 Å². The maximum absolute atomic E-state index is 14.2. The second kappa shape index (κ2) is 9.05. The van der Waals surface area contributed by atoms with Crippen LogP contribution in [0.15, 0.2) is 52.5 Å². The maximum atomic E-state index is 14.2. The summed E-state index contributed by atoms with van der Waals surface area (Å²) in [6.45, 7) is 1.79. The summed E-state index contributed by atoms with van der Waals surface area (Å²) in [5.74, 6) is -0.253. The molecular formula is C19H19ClFN3OS. The van der Waals surface area contributed by atoms with Gasteiger partial charge in [0.15, 0.2) is 0 Å². The molecule has 0 aromatic heterocycles. The molecule has 1 saturated heterocycles. The van der Waals surface area contributed by atoms with E-state index in [2.05, 4.69) is 10.5 Å². The first kappa shape index (κ1) is 18.7. The van der Waals surface area contributed by atoms with Gasteiger partial charge >= 0.3 is 0 Å². The number of nitrogens with zero attached hydrogens (tertiary/aromatic N) is 2. The van der Waals surface area contributed by atoms with Gasteiger partial charge in [-0.15, -0.1) is 11.8 Å². The summed E-state index contributed by atoms with van der Waals surface area (Å²) in [4.78, 5) is 14.8. The Hall–Kier alpha value is -2.05. The number of halogens is 2. The number of hydrazone groups is 1. The van der Waals surface area contributed by atoms with Crippen LogP contribution in [-0.4, -0.2) is 31.0 Å². The van der Waals surface area contributed by atoms with Crippen LogP contribution in [0.1, 0.15) is 18.4 Å². The molecule has 7 heteroatoms. The van der Waals surface area contributed by atoms with E-state index in [9.17, 15) is 9.18 Å². The van der Waals surface area contributed by atoms with Crippen molar-refractivity contribution in [2.45, 2.75) is 17.7 Å². The van der Waals surface area contributed by atoms with E-state index in [4.69, 9.17) is 11.6 Å². The van der Waals surface area contributed by atoms with Crippen molar-refractivity contribution in [3.8, 4) is 0 Å². The average Bonchev–Trinajstić information content (AvgIpc) is 3.16. The number of thioether (sulfide) groups is 1. The van der Waals surface area contributed by atoms with Crippen LogP contribution in [0.2, 0.25) is 5.02 Å². The van der Waals surface area contributed by atoms with Crippen molar-refractivity contribution in [3.05, 3.63) is 58.9 Å². The minimum absolute atomic E-state index is 0.227. The third-order valence-electron chi connectivity index (χ3n) is 4.00. The van der Waals surface area contributed by atoms with E-state index in [1.165, 1.54) is 24.0 Å². The molecular weight excluding hydrogens is 373 g/mol. The summed E-state index contributed by atoms with van der Waals surface area (Å²) in [6, 6.07) is 12.3. The summed E-state index contributed by atoms with van der Waals surface area (Å²) in [7, 11) is 0. The Bertz CT molecular complexity index is 792. The lowest BCUT2D eigenvalue weighted by Crippen LogP contribution is -2.20. The molecule has 1 heterocycles. The van der Waals surface area contributed by atoms with E-state index in [-0.39, 0.29) is 17.5 Å². The normalized spacial score (nSPS) is 14.2. The van der Waals surface area contributed by atoms with Crippen LogP contribution in [0.5, 0.6) is 0 Å². The van der Waals surface area contributed by atoms with E-state index in [0.717, 1.165) is 30.8 Å². The second-order valence-electron chi connectivity index (χ2n) is 5.94. The van der Waals surface area contributed by atoms with Gasteiger partial charge in [0.2, 0.25) is 5.91 Å². The zero-order chi connectivity index (χ0) is 18.4. The number of carbonyl (C=O) groups excluding carboxylic acids is 1. The minimum atomic E-state index is -0.263. The molecule has 1 fully saturated rings. The zero-order valence-corrected chi connectivity index (χ0v) is 15.7. The van der Waals surface area contributed by atoms with Crippen molar-refractivity contribution in [3.63, 3.8) is 0 Å². The highest BCUT2D eigenvalue weighted by atomic mass is 35.5. The Labute approximate surface area is 161 Å². The predicted molar refractivity (Wildman–Crippen MR) is 106 cm³/mol. The first-order valence-corrected chi connectivity index (χ1v) is 9.73. The van der Waals surface area contributed by atoms with Gasteiger partial charge in [0, 0.05) is 23.0 Å². The van der Waals surface area contributed by atoms with Crippen molar-refractivity contribution >= 4 is 41.2 Å². The molecule has 3 rings (SSSR count). The minimum Gasteiger partial charge on any atom is -0.369 e. The Morgan fingerprint density at radius 1 is 1.23 bits per heavy atom. The van der Waals surface area contributed by atoms with Crippen molar-refractivity contribution < 1.29 is 9.18 Å². The largest absolute Gasteiger partial charge is 0.369 e. The van der Waals surface area contributed by atoms with Crippen molar-refractivity contribution in [2.24, 2.45) is 5.10 Å². The molecule has 1 aliphatic rings. The SMILES string of the molecule is O=C(CSc1ccc(Cl)cc1)N/N=C\c1ccc(N2CCCC2)c(F)c1. The maximum Gasteiger partial charge on any atom is 0.250 e. The number of amides is 1. The molecule has 2 aromatic rings. The number of nitrogens with one attached hydrogen (secondary N) is 1. The third kappa shape index (κ3) is 5.22. The van der Waals surface area contributed by atoms with E-state index < -0.39 is 0 Å². The third-order valence-corrected chi connectivity index (χ3v) is 5.27. The van der Waals surface area contributed by atoms with Crippen LogP contribution in [0.4, 0.5) is 10.1 Å². The standard InChI is InChI=1S/C19H19ClFN3OS/c20-15-4-6-16(7-5-15)26-13-19(25)23-22-12-14-3-8-18(17(21)11-14)24-9-1-2-10-24/h3-8,11-12H,1-2,9-10,13H2,(H,23,25)/b22-12-. The summed E-state index contributed by atoms with van der Waals surface area (Å²) >= 11 is 7.21. The van der Waals surface area contributed by atoms with Gasteiger partial charge in [0.25, 0.3) is 0 Å². The molecule has 0 bridgehead atoms. The smallest absolute Gasteiger partial charge is 0.250 e. The summed E-state index contributed by atoms with van der Waals surface area (Å²) < 4.78 is 14.2. The van der Waals surface area contributed by atoms with Crippen LogP contribution in [0.25, 0.3) is 0 Å². The predicted octanol–water partition coefficient (Wildman–Crippen LogP) is 4.32. The lowest BCUT2D eigenvalue weighted by atomic mass is 10.2. The highest BCUT2D eigenvalue weighted by molar-refractivity contribution is 8.00. The topological polar surface area (TPSA) is 44.7 Å². The number of hydrogen-bond acceptors (Lipinski definition) is 4. The molecule has 0 spiro atoms. The summed E-state index contributed by atoms with van der Waals surface area (Å²) in [5.41, 5.74) is 3.69. The molecule has 0 unspecified atom stereocenters. The second-order valence-corrected chi connectivity index (χ2v) is 7.43. The summed E-state index contributed by atoms with van der Waals surface area (Å²) in [5, 5.41) is 4.56. The fourth-order valence-electron chi connectivity index (χ4n) is 2.71. The lowest BCUT2D eigenvalue weighted by molar-refractivity contribution is -0.118. The molecule has 1 N–H and O–H groups in total.